The molecule has 119 heavy (non-hydrogen) atoms. The molecular formula is C104H124Ir3N3O6S3-3. The Labute approximate surface area is 764 Å². The molecule has 0 spiro atoms. The van der Waals surface area contributed by atoms with Crippen LogP contribution < -0.4 is 0 Å². The van der Waals surface area contributed by atoms with E-state index in [0.717, 1.165) is 50.5 Å². The van der Waals surface area contributed by atoms with E-state index >= 15 is 0 Å². The van der Waals surface area contributed by atoms with E-state index in [9.17, 15) is 14.4 Å². The van der Waals surface area contributed by atoms with Gasteiger partial charge in [0.15, 0.2) is 17.3 Å². The van der Waals surface area contributed by atoms with Crippen LogP contribution in [0.2, 0.25) is 0 Å². The summed E-state index contributed by atoms with van der Waals surface area (Å²) in [5.74, 6) is 1.34. The van der Waals surface area contributed by atoms with Gasteiger partial charge in [0.2, 0.25) is 0 Å². The van der Waals surface area contributed by atoms with Crippen LogP contribution in [0.15, 0.2) is 188 Å². The third kappa shape index (κ3) is 30.7. The number of nitrogens with zero attached hydrogens (tertiary/aromatic N) is 3. The fourth-order valence-electron chi connectivity index (χ4n) is 12.9. The molecule has 6 heterocycles. The first-order chi connectivity index (χ1) is 53.7. The molecule has 0 aliphatic heterocycles. The second kappa shape index (κ2) is 43.8. The van der Waals surface area contributed by atoms with Crippen molar-refractivity contribution in [2.45, 2.75) is 253 Å². The maximum atomic E-state index is 10.0. The van der Waals surface area contributed by atoms with Crippen LogP contribution in [0.1, 0.15) is 266 Å². The number of thiophene rings is 3. The molecule has 3 N–H and O–H groups in total. The van der Waals surface area contributed by atoms with E-state index < -0.39 is 0 Å². The van der Waals surface area contributed by atoms with Crippen LogP contribution in [0.4, 0.5) is 0 Å². The number of rotatable bonds is 12. The van der Waals surface area contributed by atoms with Crippen LogP contribution in [0.25, 0.3) is 95.4 Å². The molecule has 0 aliphatic rings. The molecule has 0 bridgehead atoms. The van der Waals surface area contributed by atoms with Crippen molar-refractivity contribution < 1.29 is 90.0 Å². The number of benzene rings is 6. The summed E-state index contributed by atoms with van der Waals surface area (Å²) in [6.07, 6.45) is 9.56. The molecule has 0 unspecified atom stereocenters. The Balaban J connectivity index is 0.000000330. The van der Waals surface area contributed by atoms with Crippen molar-refractivity contribution in [1.82, 2.24) is 15.0 Å². The second-order valence-electron chi connectivity index (χ2n) is 36.7. The number of allylic oxidation sites excluding steroid dienone is 6. The zero-order valence-electron chi connectivity index (χ0n) is 75.5. The first-order valence-electron chi connectivity index (χ1n) is 40.1. The van der Waals surface area contributed by atoms with Gasteiger partial charge in [-0.05, 0) is 178 Å². The van der Waals surface area contributed by atoms with E-state index in [0.29, 0.717) is 17.8 Å². The second-order valence-corrected chi connectivity index (χ2v) is 39.9. The topological polar surface area (TPSA) is 151 Å². The number of pyridine rings is 3. The van der Waals surface area contributed by atoms with Gasteiger partial charge in [-0.1, -0.05) is 233 Å². The number of carbonyl (C=O) groups is 3. The number of aliphatic hydroxyl groups excluding tert-OH is 3. The average Bonchev–Trinajstić information content (AvgIpc) is 1.68. The standard InChI is InChI=1S/C32H38NS.C30H34NS.C27H28NS.3C5H8O2.3Ir/c1-20-11-21(13-24(12-20)30(2,3)4)27-18-29-23(19-33-27)16-28(34-29)22-14-25(31(5,6)7)17-26(15-22)32(8,9)10;1-18(2)24-10-9-11-25(19(3)4)29(24)28-15-22-17-31-26(16-27(22)32-28)21-12-20(5)13-23(14-21)30(6,7)8;1-17(2)19-7-9-20(10-8-19)25-14-22-16-28-24(15-26(22)29-25)21-11-18(3)12-23(13-21)27(4,5)6;3*1-4(6)3-5(2)7;;;/h12-19H,1-10H3;9-11,13-19H,1-8H3;7-10,12-17H,1-6H3;3*3,6H,1-2H3;;;/q3*-1;;;;;;. The van der Waals surface area contributed by atoms with Crippen molar-refractivity contribution in [3.8, 4) is 65.1 Å². The van der Waals surface area contributed by atoms with Gasteiger partial charge >= 0.3 is 0 Å². The molecule has 0 atom stereocenters. The van der Waals surface area contributed by atoms with Crippen LogP contribution in [-0.4, -0.2) is 47.6 Å². The Bertz CT molecular complexity index is 5440. The zero-order valence-corrected chi connectivity index (χ0v) is 85.2. The molecule has 3 radical (unpaired) electrons. The average molecular weight is 2190 g/mol. The molecule has 6 aromatic heterocycles. The number of ketones is 3. The maximum Gasteiger partial charge on any atom is 0.155 e. The van der Waals surface area contributed by atoms with Gasteiger partial charge in [-0.25, -0.2) is 0 Å². The summed E-state index contributed by atoms with van der Waals surface area (Å²) in [5.41, 5.74) is 25.2. The summed E-state index contributed by atoms with van der Waals surface area (Å²) < 4.78 is 3.82. The number of fused-ring (bicyclic) bond motifs is 3. The van der Waals surface area contributed by atoms with Gasteiger partial charge in [0.1, 0.15) is 0 Å². The van der Waals surface area contributed by atoms with Crippen LogP contribution >= 0.6 is 34.0 Å². The molecule has 12 rings (SSSR count). The summed E-state index contributed by atoms with van der Waals surface area (Å²) in [4.78, 5) is 48.4. The molecular weight excluding hydrogens is 2060 g/mol. The van der Waals surface area contributed by atoms with Crippen molar-refractivity contribution >= 4 is 81.6 Å². The fourth-order valence-corrected chi connectivity index (χ4v) is 16.2. The Morgan fingerprint density at radius 2 is 0.630 bits per heavy atom. The van der Waals surface area contributed by atoms with Crippen molar-refractivity contribution in [2.24, 2.45) is 0 Å². The minimum absolute atomic E-state index is 0. The molecule has 0 amide bonds. The number of aliphatic hydroxyl groups is 3. The van der Waals surface area contributed by atoms with E-state index in [1.165, 1.54) is 166 Å². The van der Waals surface area contributed by atoms with Gasteiger partial charge in [-0.3, -0.25) is 14.4 Å². The van der Waals surface area contributed by atoms with E-state index in [2.05, 4.69) is 318 Å². The monoisotopic (exact) mass is 2190 g/mol. The van der Waals surface area contributed by atoms with E-state index in [1.54, 1.807) is 0 Å². The molecule has 0 saturated carbocycles. The van der Waals surface area contributed by atoms with Gasteiger partial charge in [0.05, 0.1) is 17.3 Å². The Morgan fingerprint density at radius 1 is 0.353 bits per heavy atom. The Hall–Kier alpha value is -7.77. The van der Waals surface area contributed by atoms with Crippen molar-refractivity contribution in [3.05, 3.63) is 267 Å². The third-order valence-corrected chi connectivity index (χ3v) is 22.7. The molecule has 0 fully saturated rings. The third-order valence-electron chi connectivity index (χ3n) is 19.3. The van der Waals surface area contributed by atoms with Gasteiger partial charge in [0.25, 0.3) is 0 Å². The summed E-state index contributed by atoms with van der Waals surface area (Å²) >= 11 is 5.57. The molecule has 6 aromatic carbocycles. The molecule has 639 valence electrons. The molecule has 0 aliphatic carbocycles. The molecule has 12 aromatic rings. The van der Waals surface area contributed by atoms with Gasteiger partial charge in [-0.2, -0.15) is 0 Å². The van der Waals surface area contributed by atoms with Gasteiger partial charge < -0.3 is 30.3 Å². The van der Waals surface area contributed by atoms with E-state index in [-0.39, 0.29) is 122 Å². The number of carbonyl (C=O) groups excluding carboxylic acids is 3. The predicted molar refractivity (Wildman–Crippen MR) is 499 cm³/mol. The number of aryl methyl sites for hydroxylation is 3. The van der Waals surface area contributed by atoms with E-state index in [1.807, 2.05) is 52.6 Å². The SMILES string of the molecule is CC(=O)C=C(C)O.CC(=O)C=C(C)O.CC(=O)C=C(C)O.Cc1[c-]c(-c2cc3sc(-c4c(C(C)C)cccc4C(C)C)cc3cn2)cc(C(C)(C)C)c1.Cc1[c-]c(-c2cc3sc(-c4cc(C(C)(C)C)cc(C(C)(C)C)c4)cc3cn2)cc(C(C)(C)C)c1.Cc1[c-]c(-c2cc3sc(-c4ccc(C(C)C)cc4)cc3cn2)cc(C(C)(C)C)c1.[Ir].[Ir].[Ir]. The fraction of sp³-hybridized carbons (Fsp3) is 0.365. The largest absolute Gasteiger partial charge is 0.512 e. The first-order valence-corrected chi connectivity index (χ1v) is 42.6. The Morgan fingerprint density at radius 3 is 0.891 bits per heavy atom. The number of hydrogen-bond acceptors (Lipinski definition) is 12. The first kappa shape index (κ1) is 104. The minimum Gasteiger partial charge on any atom is -0.512 e. The number of hydrogen-bond donors (Lipinski definition) is 3. The molecule has 15 heteroatoms. The molecule has 9 nitrogen and oxygen atoms in total. The van der Waals surface area contributed by atoms with Crippen LogP contribution in [0.3, 0.4) is 0 Å². The summed E-state index contributed by atoms with van der Waals surface area (Å²) in [5, 5.41) is 28.7. The normalized spacial score (nSPS) is 12.0. The van der Waals surface area contributed by atoms with Gasteiger partial charge in [-0.15, -0.1) is 139 Å². The predicted octanol–water partition coefficient (Wildman–Crippen LogP) is 30.2. The van der Waals surface area contributed by atoms with Crippen LogP contribution in [0, 0.1) is 39.0 Å². The zero-order chi connectivity index (χ0) is 86.6. The summed E-state index contributed by atoms with van der Waals surface area (Å²) in [6, 6.07) is 60.4. The minimum atomic E-state index is -0.125. The van der Waals surface area contributed by atoms with Crippen LogP contribution in [0.5, 0.6) is 0 Å². The molecule has 0 saturated heterocycles. The van der Waals surface area contributed by atoms with E-state index in [4.69, 9.17) is 30.3 Å². The van der Waals surface area contributed by atoms with Crippen molar-refractivity contribution in [1.29, 1.82) is 0 Å². The van der Waals surface area contributed by atoms with Gasteiger partial charge in [0, 0.05) is 142 Å². The maximum absolute atomic E-state index is 10.0. The van der Waals surface area contributed by atoms with Crippen LogP contribution in [-0.2, 0) is 102 Å². The summed E-state index contributed by atoms with van der Waals surface area (Å²) in [7, 11) is 0. The number of aromatic nitrogens is 3. The van der Waals surface area contributed by atoms with Crippen molar-refractivity contribution in [3.63, 3.8) is 0 Å². The Kier molecular flexibility index (Phi) is 38.1. The smallest absolute Gasteiger partial charge is 0.155 e. The quantitative estimate of drug-likeness (QED) is 0.0617. The summed E-state index contributed by atoms with van der Waals surface area (Å²) in [6.45, 7) is 62.6. The van der Waals surface area contributed by atoms with Crippen molar-refractivity contribution in [2.75, 3.05) is 0 Å².